The number of rotatable bonds is 6. The summed E-state index contributed by atoms with van der Waals surface area (Å²) >= 11 is 0. The minimum absolute atomic E-state index is 0.0308. The molecule has 0 aromatic heterocycles. The highest BCUT2D eigenvalue weighted by Gasteiger charge is 2.36. The maximum Gasteiger partial charge on any atom is 0.270 e. The fourth-order valence-electron chi connectivity index (χ4n) is 3.66. The van der Waals surface area contributed by atoms with Crippen LogP contribution in [0.5, 0.6) is 0 Å². The van der Waals surface area contributed by atoms with Crippen molar-refractivity contribution in [3.05, 3.63) is 30.1 Å². The van der Waals surface area contributed by atoms with Crippen molar-refractivity contribution in [2.24, 2.45) is 10.8 Å². The highest BCUT2D eigenvalue weighted by molar-refractivity contribution is 6.40. The van der Waals surface area contributed by atoms with Gasteiger partial charge in [-0.05, 0) is 37.6 Å². The first-order chi connectivity index (χ1) is 14.4. The van der Waals surface area contributed by atoms with Gasteiger partial charge in [-0.2, -0.15) is 5.10 Å². The van der Waals surface area contributed by atoms with Crippen LogP contribution in [0.2, 0.25) is 0 Å². The van der Waals surface area contributed by atoms with Gasteiger partial charge in [0.05, 0.1) is 12.2 Å². The van der Waals surface area contributed by atoms with Gasteiger partial charge in [-0.3, -0.25) is 24.3 Å². The fraction of sp³-hybridized carbons (Fsp3) is 0.500. The third kappa shape index (κ3) is 5.12. The van der Waals surface area contributed by atoms with Crippen LogP contribution in [0.25, 0.3) is 0 Å². The van der Waals surface area contributed by atoms with Crippen molar-refractivity contribution in [1.82, 2.24) is 15.1 Å². The molecular formula is C20H27FN6O3. The number of carbonyl (C=O) groups excluding carboxylic acids is 3. The zero-order chi connectivity index (χ0) is 21.7. The van der Waals surface area contributed by atoms with Crippen LogP contribution in [0.1, 0.15) is 19.8 Å². The largest absolute Gasteiger partial charge is 0.368 e. The molecule has 1 atom stereocenters. The van der Waals surface area contributed by atoms with E-state index in [1.807, 2.05) is 11.8 Å². The predicted molar refractivity (Wildman–Crippen MR) is 110 cm³/mol. The van der Waals surface area contributed by atoms with Crippen molar-refractivity contribution in [1.29, 1.82) is 0 Å². The third-order valence-electron chi connectivity index (χ3n) is 5.19. The molecule has 9 nitrogen and oxygen atoms in total. The number of nitrogens with zero attached hydrogens (tertiary/aromatic N) is 4. The van der Waals surface area contributed by atoms with Gasteiger partial charge >= 0.3 is 0 Å². The second-order valence-corrected chi connectivity index (χ2v) is 7.37. The summed E-state index contributed by atoms with van der Waals surface area (Å²) in [5.74, 6) is -1.28. The van der Waals surface area contributed by atoms with Gasteiger partial charge in [0.1, 0.15) is 17.6 Å². The number of anilines is 1. The quantitative estimate of drug-likeness (QED) is 0.671. The Morgan fingerprint density at radius 3 is 2.57 bits per heavy atom. The molecule has 0 spiro atoms. The molecule has 1 fully saturated rings. The van der Waals surface area contributed by atoms with Crippen LogP contribution in [0.3, 0.4) is 0 Å². The van der Waals surface area contributed by atoms with E-state index in [2.05, 4.69) is 10.4 Å². The number of benzene rings is 1. The van der Waals surface area contributed by atoms with Gasteiger partial charge in [-0.15, -0.1) is 0 Å². The van der Waals surface area contributed by atoms with E-state index in [1.165, 1.54) is 29.3 Å². The van der Waals surface area contributed by atoms with Gasteiger partial charge < -0.3 is 16.0 Å². The third-order valence-corrected chi connectivity index (χ3v) is 5.19. The standard InChI is InChI=1S/C20H27FN6O3/c1-2-23-18(28)13-25-8-3-9-26(11-10-25)20(30)16-12-17(19(22)29)27(24-16)15-6-4-14(21)5-7-15/h4-7,17H,2-3,8-13H2,1H3,(H2,22,29)(H,23,28). The van der Waals surface area contributed by atoms with E-state index >= 15 is 0 Å². The number of nitrogens with one attached hydrogen (secondary N) is 1. The molecule has 1 aromatic carbocycles. The summed E-state index contributed by atoms with van der Waals surface area (Å²) in [7, 11) is 0. The summed E-state index contributed by atoms with van der Waals surface area (Å²) in [6.07, 6.45) is 0.837. The first kappa shape index (κ1) is 21.7. The molecule has 2 heterocycles. The second kappa shape index (κ2) is 9.66. The molecule has 0 radical (unpaired) electrons. The van der Waals surface area contributed by atoms with E-state index in [4.69, 9.17) is 5.73 Å². The van der Waals surface area contributed by atoms with Crippen molar-refractivity contribution < 1.29 is 18.8 Å². The molecule has 10 heteroatoms. The zero-order valence-corrected chi connectivity index (χ0v) is 17.0. The topological polar surface area (TPSA) is 111 Å². The smallest absolute Gasteiger partial charge is 0.270 e. The number of primary amides is 1. The van der Waals surface area contributed by atoms with Crippen molar-refractivity contribution in [3.8, 4) is 0 Å². The average Bonchev–Trinajstić information content (AvgIpc) is 3.03. The number of hydrazone groups is 1. The Kier molecular flexibility index (Phi) is 6.99. The van der Waals surface area contributed by atoms with Crippen LogP contribution in [0.15, 0.2) is 29.4 Å². The molecule has 3 N–H and O–H groups in total. The lowest BCUT2D eigenvalue weighted by atomic mass is 10.1. The van der Waals surface area contributed by atoms with E-state index in [0.717, 1.165) is 13.0 Å². The minimum atomic E-state index is -0.796. The van der Waals surface area contributed by atoms with Gasteiger partial charge in [0.15, 0.2) is 0 Å². The van der Waals surface area contributed by atoms with Crippen molar-refractivity contribution in [3.63, 3.8) is 0 Å². The van der Waals surface area contributed by atoms with Crippen molar-refractivity contribution >= 4 is 29.1 Å². The van der Waals surface area contributed by atoms with E-state index in [0.29, 0.717) is 38.4 Å². The lowest BCUT2D eigenvalue weighted by Crippen LogP contribution is -2.42. The van der Waals surface area contributed by atoms with E-state index in [1.54, 1.807) is 4.90 Å². The van der Waals surface area contributed by atoms with E-state index in [9.17, 15) is 18.8 Å². The van der Waals surface area contributed by atoms with Crippen LogP contribution >= 0.6 is 0 Å². The van der Waals surface area contributed by atoms with Crippen LogP contribution < -0.4 is 16.1 Å². The summed E-state index contributed by atoms with van der Waals surface area (Å²) in [5, 5.41) is 8.51. The lowest BCUT2D eigenvalue weighted by Gasteiger charge is -2.21. The van der Waals surface area contributed by atoms with Crippen molar-refractivity contribution in [2.75, 3.05) is 44.3 Å². The highest BCUT2D eigenvalue weighted by atomic mass is 19.1. The number of carbonyl (C=O) groups is 3. The van der Waals surface area contributed by atoms with Crippen LogP contribution in [0, 0.1) is 5.82 Å². The Bertz CT molecular complexity index is 828. The monoisotopic (exact) mass is 418 g/mol. The van der Waals surface area contributed by atoms with Crippen molar-refractivity contribution in [2.45, 2.75) is 25.8 Å². The first-order valence-corrected chi connectivity index (χ1v) is 10.1. The van der Waals surface area contributed by atoms with Gasteiger partial charge in [-0.25, -0.2) is 4.39 Å². The number of likely N-dealkylation sites (N-methyl/N-ethyl adjacent to an activating group) is 1. The van der Waals surface area contributed by atoms with Gasteiger partial charge in [0.2, 0.25) is 11.8 Å². The molecule has 1 aromatic rings. The summed E-state index contributed by atoms with van der Waals surface area (Å²) < 4.78 is 13.2. The van der Waals surface area contributed by atoms with E-state index < -0.39 is 17.8 Å². The number of hydrogen-bond donors (Lipinski definition) is 2. The summed E-state index contributed by atoms with van der Waals surface area (Å²) in [6, 6.07) is 4.72. The molecular weight excluding hydrogens is 391 g/mol. The number of nitrogens with two attached hydrogens (primary N) is 1. The molecule has 0 aliphatic carbocycles. The van der Waals surface area contributed by atoms with Crippen LogP contribution in [-0.4, -0.2) is 78.5 Å². The molecule has 1 unspecified atom stereocenters. The summed E-state index contributed by atoms with van der Waals surface area (Å²) in [5.41, 5.74) is 6.26. The lowest BCUT2D eigenvalue weighted by molar-refractivity contribution is -0.124. The number of halogens is 1. The molecule has 30 heavy (non-hydrogen) atoms. The number of amides is 3. The van der Waals surface area contributed by atoms with Crippen LogP contribution in [-0.2, 0) is 14.4 Å². The average molecular weight is 418 g/mol. The van der Waals surface area contributed by atoms with Gasteiger partial charge in [0.25, 0.3) is 5.91 Å². The van der Waals surface area contributed by atoms with Gasteiger partial charge in [0, 0.05) is 39.1 Å². The van der Waals surface area contributed by atoms with E-state index in [-0.39, 0.29) is 23.9 Å². The fourth-order valence-corrected chi connectivity index (χ4v) is 3.66. The first-order valence-electron chi connectivity index (χ1n) is 10.1. The molecule has 1 saturated heterocycles. The molecule has 3 rings (SSSR count). The Balaban J connectivity index is 1.68. The molecule has 2 aliphatic heterocycles. The normalized spacial score (nSPS) is 19.9. The van der Waals surface area contributed by atoms with Gasteiger partial charge in [-0.1, -0.05) is 0 Å². The Morgan fingerprint density at radius 2 is 1.90 bits per heavy atom. The predicted octanol–water partition coefficient (Wildman–Crippen LogP) is -0.0839. The highest BCUT2D eigenvalue weighted by Crippen LogP contribution is 2.25. The molecule has 0 saturated carbocycles. The maximum absolute atomic E-state index is 13.2. The zero-order valence-electron chi connectivity index (χ0n) is 17.0. The Morgan fingerprint density at radius 1 is 1.17 bits per heavy atom. The molecule has 3 amide bonds. The Hall–Kier alpha value is -3.01. The maximum atomic E-state index is 13.2. The molecule has 162 valence electrons. The molecule has 2 aliphatic rings. The number of hydrogen-bond acceptors (Lipinski definition) is 6. The summed E-state index contributed by atoms with van der Waals surface area (Å²) in [4.78, 5) is 40.5. The molecule has 0 bridgehead atoms. The minimum Gasteiger partial charge on any atom is -0.368 e. The Labute approximate surface area is 174 Å². The SMILES string of the molecule is CCNC(=O)CN1CCCN(C(=O)C2=NN(c3ccc(F)cc3)C(C(N)=O)C2)CC1. The summed E-state index contributed by atoms with van der Waals surface area (Å²) in [6.45, 7) is 5.08. The van der Waals surface area contributed by atoms with Crippen LogP contribution in [0.4, 0.5) is 10.1 Å². The second-order valence-electron chi connectivity index (χ2n) is 7.37.